The molecule has 2 aromatic rings. The van der Waals surface area contributed by atoms with Gasteiger partial charge >= 0.3 is 12.0 Å². The molecule has 2 aromatic heterocycles. The molecule has 1 fully saturated rings. The van der Waals surface area contributed by atoms with Crippen molar-refractivity contribution in [2.45, 2.75) is 18.9 Å². The molecule has 116 valence electrons. The van der Waals surface area contributed by atoms with Crippen molar-refractivity contribution >= 4 is 22.4 Å². The highest BCUT2D eigenvalue weighted by molar-refractivity contribution is 7.14. The molecular formula is C14H15FN4O2S. The number of amides is 2. The Labute approximate surface area is 131 Å². The van der Waals surface area contributed by atoms with E-state index >= 15 is 0 Å². The molecule has 3 heterocycles. The second-order valence-corrected chi connectivity index (χ2v) is 5.87. The minimum atomic E-state index is -0.507. The van der Waals surface area contributed by atoms with Crippen LogP contribution >= 0.6 is 11.3 Å². The largest absolute Gasteiger partial charge is 0.458 e. The molecule has 0 saturated carbocycles. The summed E-state index contributed by atoms with van der Waals surface area (Å²) in [7, 11) is 0. The van der Waals surface area contributed by atoms with E-state index in [4.69, 9.17) is 4.74 Å². The van der Waals surface area contributed by atoms with Crippen molar-refractivity contribution in [3.63, 3.8) is 0 Å². The molecule has 1 aliphatic heterocycles. The number of piperidine rings is 1. The molecule has 8 heteroatoms. The van der Waals surface area contributed by atoms with Crippen LogP contribution in [0.1, 0.15) is 12.8 Å². The highest BCUT2D eigenvalue weighted by atomic mass is 32.1. The molecule has 0 unspecified atom stereocenters. The smallest absolute Gasteiger partial charge is 0.322 e. The fourth-order valence-corrected chi connectivity index (χ4v) is 2.87. The third-order valence-electron chi connectivity index (χ3n) is 3.29. The Kier molecular flexibility index (Phi) is 4.47. The molecule has 1 saturated heterocycles. The summed E-state index contributed by atoms with van der Waals surface area (Å²) in [5.41, 5.74) is 0. The van der Waals surface area contributed by atoms with Crippen molar-refractivity contribution in [1.82, 2.24) is 14.9 Å². The first kappa shape index (κ1) is 14.7. The van der Waals surface area contributed by atoms with Crippen LogP contribution < -0.4 is 10.1 Å². The van der Waals surface area contributed by atoms with Gasteiger partial charge in [0.1, 0.15) is 6.10 Å². The topological polar surface area (TPSA) is 67.4 Å². The van der Waals surface area contributed by atoms with E-state index in [2.05, 4.69) is 15.3 Å². The summed E-state index contributed by atoms with van der Waals surface area (Å²) in [4.78, 5) is 21.5. The van der Waals surface area contributed by atoms with Gasteiger partial charge in [-0.15, -0.1) is 11.3 Å². The molecule has 0 spiro atoms. The number of likely N-dealkylation sites (tertiary alicyclic amines) is 1. The van der Waals surface area contributed by atoms with Gasteiger partial charge in [-0.25, -0.2) is 19.2 Å². The zero-order chi connectivity index (χ0) is 15.4. The van der Waals surface area contributed by atoms with E-state index < -0.39 is 5.82 Å². The Morgan fingerprint density at radius 3 is 3.00 bits per heavy atom. The van der Waals surface area contributed by atoms with Crippen LogP contribution in [0.25, 0.3) is 0 Å². The summed E-state index contributed by atoms with van der Waals surface area (Å²) >= 11 is 1.47. The molecule has 0 radical (unpaired) electrons. The van der Waals surface area contributed by atoms with Crippen LogP contribution in [-0.4, -0.2) is 40.1 Å². The second-order valence-electron chi connectivity index (χ2n) is 4.92. The number of thiophene rings is 1. The average molecular weight is 322 g/mol. The maximum absolute atomic E-state index is 12.8. The van der Waals surface area contributed by atoms with Crippen molar-refractivity contribution in [3.8, 4) is 6.01 Å². The lowest BCUT2D eigenvalue weighted by Crippen LogP contribution is -2.46. The van der Waals surface area contributed by atoms with Crippen LogP contribution in [0.4, 0.5) is 14.2 Å². The first-order valence-corrected chi connectivity index (χ1v) is 7.82. The zero-order valence-corrected chi connectivity index (χ0v) is 12.6. The number of halogens is 1. The quantitative estimate of drug-likeness (QED) is 0.943. The summed E-state index contributed by atoms with van der Waals surface area (Å²) < 4.78 is 18.4. The van der Waals surface area contributed by atoms with Crippen LogP contribution in [0.5, 0.6) is 6.01 Å². The van der Waals surface area contributed by atoms with Gasteiger partial charge in [0.05, 0.1) is 23.9 Å². The predicted molar refractivity (Wildman–Crippen MR) is 80.6 cm³/mol. The van der Waals surface area contributed by atoms with Gasteiger partial charge < -0.3 is 9.64 Å². The monoisotopic (exact) mass is 322 g/mol. The van der Waals surface area contributed by atoms with Gasteiger partial charge in [-0.3, -0.25) is 5.32 Å². The Balaban J connectivity index is 1.56. The minimum absolute atomic E-state index is 0.131. The summed E-state index contributed by atoms with van der Waals surface area (Å²) in [5, 5.41) is 5.57. The maximum atomic E-state index is 12.8. The summed E-state index contributed by atoms with van der Waals surface area (Å²) in [6.07, 6.45) is 3.58. The lowest BCUT2D eigenvalue weighted by Gasteiger charge is -2.32. The van der Waals surface area contributed by atoms with Gasteiger partial charge in [-0.05, 0) is 30.4 Å². The van der Waals surface area contributed by atoms with E-state index in [0.717, 1.165) is 30.2 Å². The molecule has 1 aliphatic rings. The number of hydrogen-bond acceptors (Lipinski definition) is 5. The number of ether oxygens (including phenoxy) is 1. The fraction of sp³-hybridized carbons (Fsp3) is 0.357. The number of anilines is 1. The van der Waals surface area contributed by atoms with Crippen LogP contribution in [0.2, 0.25) is 0 Å². The molecule has 22 heavy (non-hydrogen) atoms. The van der Waals surface area contributed by atoms with Crippen LogP contribution in [0.15, 0.2) is 29.9 Å². The predicted octanol–water partition coefficient (Wildman–Crippen LogP) is 2.75. The lowest BCUT2D eigenvalue weighted by atomic mass is 10.1. The van der Waals surface area contributed by atoms with Crippen LogP contribution in [0, 0.1) is 5.82 Å². The van der Waals surface area contributed by atoms with E-state index in [1.165, 1.54) is 11.3 Å². The van der Waals surface area contributed by atoms with Gasteiger partial charge in [-0.1, -0.05) is 0 Å². The Hall–Kier alpha value is -2.22. The molecule has 6 nitrogen and oxygen atoms in total. The number of rotatable bonds is 3. The molecular weight excluding hydrogens is 307 g/mol. The summed E-state index contributed by atoms with van der Waals surface area (Å²) in [6.45, 7) is 1.14. The van der Waals surface area contributed by atoms with Crippen molar-refractivity contribution < 1.29 is 13.9 Å². The zero-order valence-electron chi connectivity index (χ0n) is 11.7. The number of nitrogens with zero attached hydrogens (tertiary/aromatic N) is 3. The molecule has 3 rings (SSSR count). The maximum Gasteiger partial charge on any atom is 0.322 e. The summed E-state index contributed by atoms with van der Waals surface area (Å²) in [6, 6.07) is 3.73. The molecule has 1 atom stereocenters. The first-order valence-electron chi connectivity index (χ1n) is 6.94. The van der Waals surface area contributed by atoms with Crippen molar-refractivity contribution in [2.75, 3.05) is 18.4 Å². The van der Waals surface area contributed by atoms with Crippen molar-refractivity contribution in [1.29, 1.82) is 0 Å². The van der Waals surface area contributed by atoms with E-state index in [9.17, 15) is 9.18 Å². The standard InChI is InChI=1S/C14H15FN4O2S/c15-10-7-16-13(17-8-10)21-11-3-1-5-19(9-11)14(20)18-12-4-2-6-22-12/h2,4,6-8,11H,1,3,5,9H2,(H,18,20)/t11-/m1/s1. The third kappa shape index (κ3) is 3.70. The van der Waals surface area contributed by atoms with Gasteiger partial charge in [0.25, 0.3) is 0 Å². The van der Waals surface area contributed by atoms with Crippen LogP contribution in [-0.2, 0) is 0 Å². The Morgan fingerprint density at radius 2 is 2.27 bits per heavy atom. The number of aromatic nitrogens is 2. The molecule has 2 amide bonds. The SMILES string of the molecule is O=C(Nc1cccs1)N1CCC[C@@H](Oc2ncc(F)cn2)C1. The lowest BCUT2D eigenvalue weighted by molar-refractivity contribution is 0.0981. The number of nitrogens with one attached hydrogen (secondary N) is 1. The third-order valence-corrected chi connectivity index (χ3v) is 4.07. The number of carbonyl (C=O) groups excluding carboxylic acids is 1. The van der Waals surface area contributed by atoms with E-state index in [1.807, 2.05) is 17.5 Å². The Bertz CT molecular complexity index is 620. The normalized spacial score (nSPS) is 18.0. The van der Waals surface area contributed by atoms with E-state index in [-0.39, 0.29) is 18.1 Å². The first-order chi connectivity index (χ1) is 10.7. The van der Waals surface area contributed by atoms with Gasteiger partial charge in [0, 0.05) is 6.54 Å². The van der Waals surface area contributed by atoms with Gasteiger partial charge in [0.15, 0.2) is 5.82 Å². The summed E-state index contributed by atoms with van der Waals surface area (Å²) in [5.74, 6) is -0.507. The van der Waals surface area contributed by atoms with Gasteiger partial charge in [0.2, 0.25) is 0 Å². The van der Waals surface area contributed by atoms with Crippen LogP contribution in [0.3, 0.4) is 0 Å². The number of urea groups is 1. The molecule has 0 bridgehead atoms. The number of hydrogen-bond donors (Lipinski definition) is 1. The minimum Gasteiger partial charge on any atom is -0.458 e. The fourth-order valence-electron chi connectivity index (χ4n) is 2.26. The highest BCUT2D eigenvalue weighted by Crippen LogP contribution is 2.19. The molecule has 0 aromatic carbocycles. The second kappa shape index (κ2) is 6.69. The van der Waals surface area contributed by atoms with Gasteiger partial charge in [-0.2, -0.15) is 0 Å². The van der Waals surface area contributed by atoms with Crippen molar-refractivity contribution in [3.05, 3.63) is 35.7 Å². The van der Waals surface area contributed by atoms with E-state index in [0.29, 0.717) is 13.1 Å². The van der Waals surface area contributed by atoms with Crippen molar-refractivity contribution in [2.24, 2.45) is 0 Å². The molecule has 1 N–H and O–H groups in total. The van der Waals surface area contributed by atoms with E-state index in [1.54, 1.807) is 4.90 Å². The highest BCUT2D eigenvalue weighted by Gasteiger charge is 2.25. The average Bonchev–Trinajstić information content (AvgIpc) is 3.03. The molecule has 0 aliphatic carbocycles. The number of carbonyl (C=O) groups is 1. The Morgan fingerprint density at radius 1 is 1.45 bits per heavy atom.